The van der Waals surface area contributed by atoms with Crippen LogP contribution in [-0.4, -0.2) is 21.5 Å². The van der Waals surface area contributed by atoms with Crippen LogP contribution in [0, 0.1) is 0 Å². The highest BCUT2D eigenvalue weighted by molar-refractivity contribution is 8.02. The van der Waals surface area contributed by atoms with Crippen molar-refractivity contribution in [1.29, 1.82) is 0 Å². The predicted octanol–water partition coefficient (Wildman–Crippen LogP) is 2.39. The third-order valence-corrected chi connectivity index (χ3v) is 4.01. The zero-order valence-corrected chi connectivity index (χ0v) is 8.77. The van der Waals surface area contributed by atoms with Crippen LogP contribution in [0.5, 0.6) is 0 Å². The van der Waals surface area contributed by atoms with Gasteiger partial charge in [-0.3, -0.25) is 4.98 Å². The number of hydrogen-bond donors (Lipinski definition) is 1. The number of rotatable bonds is 2. The van der Waals surface area contributed by atoms with E-state index in [1.54, 1.807) is 0 Å². The van der Waals surface area contributed by atoms with Gasteiger partial charge in [0.25, 0.3) is 0 Å². The Bertz CT molecular complexity index is 284. The van der Waals surface area contributed by atoms with E-state index in [1.165, 1.54) is 11.4 Å². The summed E-state index contributed by atoms with van der Waals surface area (Å²) < 4.78 is 0.378. The lowest BCUT2D eigenvalue weighted by atomic mass is 10.0. The van der Waals surface area contributed by atoms with Gasteiger partial charge in [-0.2, -0.15) is 11.8 Å². The predicted molar refractivity (Wildman–Crippen MR) is 58.2 cm³/mol. The fourth-order valence-corrected chi connectivity index (χ4v) is 2.51. The van der Waals surface area contributed by atoms with Gasteiger partial charge in [0, 0.05) is 34.6 Å². The van der Waals surface area contributed by atoms with Crippen molar-refractivity contribution in [2.45, 2.75) is 24.6 Å². The van der Waals surface area contributed by atoms with Crippen LogP contribution in [-0.2, 0) is 0 Å². The van der Waals surface area contributed by atoms with Crippen LogP contribution in [0.15, 0.2) is 24.5 Å². The molecule has 0 aliphatic carbocycles. The van der Waals surface area contributed by atoms with Crippen LogP contribution >= 0.6 is 11.8 Å². The second kappa shape index (κ2) is 3.22. The summed E-state index contributed by atoms with van der Waals surface area (Å²) in [5, 5.41) is 3.51. The summed E-state index contributed by atoms with van der Waals surface area (Å²) in [5.41, 5.74) is 1.17. The fraction of sp³-hybridized carbons (Fsp3) is 0.500. The number of pyridine rings is 1. The average molecular weight is 194 g/mol. The Morgan fingerprint density at radius 3 is 2.62 bits per heavy atom. The SMILES string of the molecule is CC1(C)SCC1Nc1ccncc1. The number of thioether (sulfide) groups is 1. The van der Waals surface area contributed by atoms with Crippen LogP contribution in [0.25, 0.3) is 0 Å². The van der Waals surface area contributed by atoms with Crippen molar-refractivity contribution >= 4 is 17.4 Å². The molecule has 0 bridgehead atoms. The van der Waals surface area contributed by atoms with E-state index in [4.69, 9.17) is 0 Å². The molecule has 1 aromatic rings. The van der Waals surface area contributed by atoms with Crippen molar-refractivity contribution in [1.82, 2.24) is 4.98 Å². The van der Waals surface area contributed by atoms with E-state index in [0.717, 1.165) is 0 Å². The van der Waals surface area contributed by atoms with Crippen LogP contribution in [0.3, 0.4) is 0 Å². The van der Waals surface area contributed by atoms with Crippen molar-refractivity contribution in [2.24, 2.45) is 0 Å². The summed E-state index contributed by atoms with van der Waals surface area (Å²) in [6, 6.07) is 4.62. The molecule has 0 amide bonds. The summed E-state index contributed by atoms with van der Waals surface area (Å²) >= 11 is 2.01. The van der Waals surface area contributed by atoms with Crippen molar-refractivity contribution < 1.29 is 0 Å². The van der Waals surface area contributed by atoms with E-state index in [2.05, 4.69) is 24.1 Å². The minimum atomic E-state index is 0.378. The Morgan fingerprint density at radius 2 is 2.15 bits per heavy atom. The molecule has 0 aromatic carbocycles. The molecule has 1 atom stereocenters. The second-order valence-electron chi connectivity index (χ2n) is 3.85. The number of nitrogens with one attached hydrogen (secondary N) is 1. The number of hydrogen-bond acceptors (Lipinski definition) is 3. The maximum atomic E-state index is 3.99. The molecular weight excluding hydrogens is 180 g/mol. The highest BCUT2D eigenvalue weighted by atomic mass is 32.2. The maximum absolute atomic E-state index is 3.99. The summed E-state index contributed by atoms with van der Waals surface area (Å²) in [6.07, 6.45) is 3.64. The lowest BCUT2D eigenvalue weighted by Crippen LogP contribution is -2.50. The number of nitrogens with zero attached hydrogens (tertiary/aromatic N) is 1. The molecule has 1 saturated heterocycles. The first-order valence-electron chi connectivity index (χ1n) is 4.49. The average Bonchev–Trinajstić information content (AvgIpc) is 2.15. The number of anilines is 1. The van der Waals surface area contributed by atoms with E-state index in [9.17, 15) is 0 Å². The molecule has 1 N–H and O–H groups in total. The standard InChI is InChI=1S/C10H14N2S/c1-10(2)9(7-13-10)12-8-3-5-11-6-4-8/h3-6,9H,7H2,1-2H3,(H,11,12). The molecule has 1 unspecified atom stereocenters. The fourth-order valence-electron chi connectivity index (χ4n) is 1.36. The van der Waals surface area contributed by atoms with Crippen LogP contribution in [0.1, 0.15) is 13.8 Å². The minimum absolute atomic E-state index is 0.378. The van der Waals surface area contributed by atoms with E-state index >= 15 is 0 Å². The van der Waals surface area contributed by atoms with Crippen molar-refractivity contribution in [3.05, 3.63) is 24.5 Å². The molecular formula is C10H14N2S. The highest BCUT2D eigenvalue weighted by Crippen LogP contribution is 2.41. The molecule has 1 aromatic heterocycles. The highest BCUT2D eigenvalue weighted by Gasteiger charge is 2.39. The van der Waals surface area contributed by atoms with Gasteiger partial charge in [0.1, 0.15) is 0 Å². The first-order valence-corrected chi connectivity index (χ1v) is 5.47. The molecule has 0 spiro atoms. The molecule has 1 fully saturated rings. The monoisotopic (exact) mass is 194 g/mol. The molecule has 1 aliphatic heterocycles. The Hall–Kier alpha value is -0.700. The Balaban J connectivity index is 2.00. The summed E-state index contributed by atoms with van der Waals surface area (Å²) in [6.45, 7) is 4.56. The topological polar surface area (TPSA) is 24.9 Å². The Morgan fingerprint density at radius 1 is 1.46 bits per heavy atom. The van der Waals surface area contributed by atoms with E-state index in [-0.39, 0.29) is 0 Å². The third kappa shape index (κ3) is 1.80. The molecule has 3 heteroatoms. The zero-order valence-electron chi connectivity index (χ0n) is 7.95. The van der Waals surface area contributed by atoms with Gasteiger partial charge in [0.15, 0.2) is 0 Å². The van der Waals surface area contributed by atoms with Crippen molar-refractivity contribution in [2.75, 3.05) is 11.1 Å². The van der Waals surface area contributed by atoms with Gasteiger partial charge in [-0.1, -0.05) is 0 Å². The van der Waals surface area contributed by atoms with Gasteiger partial charge >= 0.3 is 0 Å². The number of aromatic nitrogens is 1. The lowest BCUT2D eigenvalue weighted by molar-refractivity contribution is 0.576. The van der Waals surface area contributed by atoms with Gasteiger partial charge in [-0.05, 0) is 26.0 Å². The smallest absolute Gasteiger partial charge is 0.0493 e. The molecule has 0 radical (unpaired) electrons. The van der Waals surface area contributed by atoms with Crippen LogP contribution in [0.2, 0.25) is 0 Å². The third-order valence-electron chi connectivity index (χ3n) is 2.48. The second-order valence-corrected chi connectivity index (χ2v) is 5.52. The lowest BCUT2D eigenvalue weighted by Gasteiger charge is -2.44. The maximum Gasteiger partial charge on any atom is 0.0493 e. The summed E-state index contributed by atoms with van der Waals surface area (Å²) in [7, 11) is 0. The zero-order chi connectivity index (χ0) is 9.31. The largest absolute Gasteiger partial charge is 0.380 e. The van der Waals surface area contributed by atoms with Gasteiger partial charge in [0.05, 0.1) is 0 Å². The van der Waals surface area contributed by atoms with Gasteiger partial charge in [-0.15, -0.1) is 0 Å². The van der Waals surface area contributed by atoms with E-state index in [0.29, 0.717) is 10.8 Å². The molecule has 70 valence electrons. The van der Waals surface area contributed by atoms with Gasteiger partial charge in [0.2, 0.25) is 0 Å². The van der Waals surface area contributed by atoms with Crippen LogP contribution < -0.4 is 5.32 Å². The van der Waals surface area contributed by atoms with Crippen molar-refractivity contribution in [3.8, 4) is 0 Å². The van der Waals surface area contributed by atoms with Gasteiger partial charge in [-0.25, -0.2) is 0 Å². The molecule has 0 saturated carbocycles. The van der Waals surface area contributed by atoms with E-state index < -0.39 is 0 Å². The summed E-state index contributed by atoms with van der Waals surface area (Å²) in [4.78, 5) is 3.99. The van der Waals surface area contributed by atoms with Gasteiger partial charge < -0.3 is 5.32 Å². The Labute approximate surface area is 83.1 Å². The van der Waals surface area contributed by atoms with Crippen molar-refractivity contribution in [3.63, 3.8) is 0 Å². The molecule has 2 nitrogen and oxygen atoms in total. The van der Waals surface area contributed by atoms with E-state index in [1.807, 2.05) is 36.3 Å². The van der Waals surface area contributed by atoms with Crippen LogP contribution in [0.4, 0.5) is 5.69 Å². The Kier molecular flexibility index (Phi) is 2.20. The normalized spacial score (nSPS) is 24.9. The molecule has 1 aliphatic rings. The first kappa shape index (κ1) is 8.88. The minimum Gasteiger partial charge on any atom is -0.380 e. The molecule has 13 heavy (non-hydrogen) atoms. The molecule has 2 rings (SSSR count). The summed E-state index contributed by atoms with van der Waals surface area (Å²) in [5.74, 6) is 1.20. The quantitative estimate of drug-likeness (QED) is 0.782. The first-order chi connectivity index (χ1) is 6.18. The molecule has 2 heterocycles.